The van der Waals surface area contributed by atoms with Gasteiger partial charge in [-0.1, -0.05) is 12.1 Å². The van der Waals surface area contributed by atoms with E-state index in [0.717, 1.165) is 50.2 Å². The minimum atomic E-state index is 0.639. The predicted octanol–water partition coefficient (Wildman–Crippen LogP) is 7.42. The van der Waals surface area contributed by atoms with E-state index in [-0.39, 0.29) is 0 Å². The molecule has 0 bridgehead atoms. The van der Waals surface area contributed by atoms with Crippen LogP contribution in [-0.2, 0) is 0 Å². The fourth-order valence-corrected chi connectivity index (χ4v) is 4.55. The summed E-state index contributed by atoms with van der Waals surface area (Å²) in [5.74, 6) is 1.53. The molecule has 6 aromatic rings. The zero-order chi connectivity index (χ0) is 24.6. The van der Waals surface area contributed by atoms with Gasteiger partial charge in [-0.05, 0) is 91.3 Å². The highest BCUT2D eigenvalue weighted by Crippen LogP contribution is 2.30. The molecule has 36 heavy (non-hydrogen) atoms. The monoisotopic (exact) mass is 464 g/mol. The van der Waals surface area contributed by atoms with Crippen LogP contribution in [0.4, 0.5) is 0 Å². The summed E-state index contributed by atoms with van der Waals surface area (Å²) in [5.41, 5.74) is 6.29. The van der Waals surface area contributed by atoms with E-state index in [1.54, 1.807) is 0 Å². The maximum absolute atomic E-state index is 9.27. The molecule has 0 fully saturated rings. The highest BCUT2D eigenvalue weighted by Gasteiger charge is 2.09. The number of aromatic nitrogens is 2. The number of ether oxygens (including phenoxy) is 1. The van der Waals surface area contributed by atoms with E-state index in [9.17, 15) is 10.5 Å². The molecule has 5 heteroatoms. The van der Waals surface area contributed by atoms with Gasteiger partial charge in [0.2, 0.25) is 0 Å². The third-order valence-corrected chi connectivity index (χ3v) is 6.42. The molecule has 0 N–H and O–H groups in total. The van der Waals surface area contributed by atoms with Crippen LogP contribution in [0.2, 0.25) is 0 Å². The first-order valence-corrected chi connectivity index (χ1v) is 11.5. The summed E-state index contributed by atoms with van der Waals surface area (Å²) in [6, 6.07) is 33.9. The van der Waals surface area contributed by atoms with E-state index in [1.165, 1.54) is 0 Å². The molecule has 0 spiro atoms. The van der Waals surface area contributed by atoms with Crippen molar-refractivity contribution >= 4 is 21.8 Å². The molecule has 0 amide bonds. The predicted molar refractivity (Wildman–Crippen MR) is 141 cm³/mol. The standard InChI is InChI=1S/C31H20N4O/c1-21-16-27(35-15-13-25-5-3-23(20-33)18-30(25)35)8-11-31(21)36-28-9-6-26(7-10-28)34-14-12-24-4-2-22(19-32)17-29(24)34/h2-18H,1H3. The number of hydrogen-bond acceptors (Lipinski definition) is 3. The maximum atomic E-state index is 9.27. The Bertz CT molecular complexity index is 1840. The van der Waals surface area contributed by atoms with Gasteiger partial charge >= 0.3 is 0 Å². The molecule has 0 saturated carbocycles. The largest absolute Gasteiger partial charge is 0.457 e. The summed E-state index contributed by atoms with van der Waals surface area (Å²) in [5, 5.41) is 20.7. The van der Waals surface area contributed by atoms with Crippen molar-refractivity contribution in [2.45, 2.75) is 6.92 Å². The lowest BCUT2D eigenvalue weighted by Gasteiger charge is -2.13. The first kappa shape index (κ1) is 21.3. The number of fused-ring (bicyclic) bond motifs is 2. The van der Waals surface area contributed by atoms with Crippen molar-refractivity contribution in [1.82, 2.24) is 9.13 Å². The summed E-state index contributed by atoms with van der Waals surface area (Å²) in [4.78, 5) is 0. The summed E-state index contributed by atoms with van der Waals surface area (Å²) < 4.78 is 10.3. The molecule has 0 aliphatic rings. The van der Waals surface area contributed by atoms with Crippen LogP contribution in [0.15, 0.2) is 103 Å². The number of rotatable bonds is 4. The van der Waals surface area contributed by atoms with Gasteiger partial charge in [0.1, 0.15) is 11.5 Å². The lowest BCUT2D eigenvalue weighted by atomic mass is 10.1. The zero-order valence-corrected chi connectivity index (χ0v) is 19.5. The maximum Gasteiger partial charge on any atom is 0.130 e. The molecule has 0 radical (unpaired) electrons. The highest BCUT2D eigenvalue weighted by atomic mass is 16.5. The lowest BCUT2D eigenvalue weighted by Crippen LogP contribution is -1.95. The van der Waals surface area contributed by atoms with Crippen molar-refractivity contribution in [3.63, 3.8) is 0 Å². The number of aryl methyl sites for hydroxylation is 1. The summed E-state index contributed by atoms with van der Waals surface area (Å²) >= 11 is 0. The molecule has 4 aromatic carbocycles. The van der Waals surface area contributed by atoms with Crippen molar-refractivity contribution in [2.24, 2.45) is 0 Å². The van der Waals surface area contributed by atoms with Crippen LogP contribution in [0, 0.1) is 29.6 Å². The zero-order valence-electron chi connectivity index (χ0n) is 19.5. The van der Waals surface area contributed by atoms with Crippen LogP contribution < -0.4 is 4.74 Å². The van der Waals surface area contributed by atoms with E-state index in [0.29, 0.717) is 11.1 Å². The number of nitrogens with zero attached hydrogens (tertiary/aromatic N) is 4. The first-order chi connectivity index (χ1) is 17.6. The van der Waals surface area contributed by atoms with Crippen molar-refractivity contribution in [3.05, 3.63) is 120 Å². The molecule has 0 atom stereocenters. The smallest absolute Gasteiger partial charge is 0.130 e. The number of hydrogen-bond donors (Lipinski definition) is 0. The third kappa shape index (κ3) is 3.66. The Labute approximate surface area is 208 Å². The fourth-order valence-electron chi connectivity index (χ4n) is 4.55. The van der Waals surface area contributed by atoms with Crippen LogP contribution in [0.25, 0.3) is 33.2 Å². The Morgan fingerprint density at radius 1 is 0.611 bits per heavy atom. The van der Waals surface area contributed by atoms with Gasteiger partial charge in [-0.25, -0.2) is 0 Å². The average Bonchev–Trinajstić information content (AvgIpc) is 3.53. The summed E-state index contributed by atoms with van der Waals surface area (Å²) in [6.07, 6.45) is 4.03. The lowest BCUT2D eigenvalue weighted by molar-refractivity contribution is 0.479. The van der Waals surface area contributed by atoms with E-state index < -0.39 is 0 Å². The molecule has 6 rings (SSSR count). The molecule has 2 aromatic heterocycles. The second-order valence-corrected chi connectivity index (χ2v) is 8.69. The van der Waals surface area contributed by atoms with Crippen molar-refractivity contribution in [1.29, 1.82) is 10.5 Å². The summed E-state index contributed by atoms with van der Waals surface area (Å²) in [7, 11) is 0. The Balaban J connectivity index is 1.26. The van der Waals surface area contributed by atoms with Crippen molar-refractivity contribution in [2.75, 3.05) is 0 Å². The Morgan fingerprint density at radius 3 is 1.72 bits per heavy atom. The first-order valence-electron chi connectivity index (χ1n) is 11.5. The molecule has 0 saturated heterocycles. The fraction of sp³-hybridized carbons (Fsp3) is 0.0323. The summed E-state index contributed by atoms with van der Waals surface area (Å²) in [6.45, 7) is 2.03. The molecular weight excluding hydrogens is 444 g/mol. The van der Waals surface area contributed by atoms with Gasteiger partial charge in [-0.2, -0.15) is 10.5 Å². The second-order valence-electron chi connectivity index (χ2n) is 8.69. The SMILES string of the molecule is Cc1cc(-n2ccc3ccc(C#N)cc32)ccc1Oc1ccc(-n2ccc3ccc(C#N)cc32)cc1. The van der Waals surface area contributed by atoms with Gasteiger partial charge in [0.25, 0.3) is 0 Å². The van der Waals surface area contributed by atoms with Crippen LogP contribution in [0.5, 0.6) is 11.5 Å². The Morgan fingerprint density at radius 2 is 1.17 bits per heavy atom. The van der Waals surface area contributed by atoms with Crippen molar-refractivity contribution < 1.29 is 4.74 Å². The molecular formula is C31H20N4O. The highest BCUT2D eigenvalue weighted by molar-refractivity contribution is 5.84. The van der Waals surface area contributed by atoms with E-state index in [2.05, 4.69) is 27.3 Å². The minimum Gasteiger partial charge on any atom is -0.457 e. The van der Waals surface area contributed by atoms with E-state index >= 15 is 0 Å². The molecule has 170 valence electrons. The number of nitriles is 2. The quantitative estimate of drug-likeness (QED) is 0.273. The van der Waals surface area contributed by atoms with Gasteiger partial charge in [0.15, 0.2) is 0 Å². The molecule has 0 aliphatic heterocycles. The van der Waals surface area contributed by atoms with Crippen LogP contribution >= 0.6 is 0 Å². The van der Waals surface area contributed by atoms with E-state index in [4.69, 9.17) is 4.74 Å². The molecule has 0 unspecified atom stereocenters. The Hall–Kier alpha value is -5.26. The van der Waals surface area contributed by atoms with Gasteiger partial charge in [-0.3, -0.25) is 0 Å². The van der Waals surface area contributed by atoms with E-state index in [1.807, 2.05) is 104 Å². The molecule has 0 aliphatic carbocycles. The Kier molecular flexibility index (Phi) is 5.03. The second kappa shape index (κ2) is 8.51. The number of benzene rings is 4. The minimum absolute atomic E-state index is 0.639. The van der Waals surface area contributed by atoms with Crippen LogP contribution in [0.3, 0.4) is 0 Å². The van der Waals surface area contributed by atoms with Gasteiger partial charge in [-0.15, -0.1) is 0 Å². The van der Waals surface area contributed by atoms with Crippen LogP contribution in [-0.4, -0.2) is 9.13 Å². The molecule has 2 heterocycles. The topological polar surface area (TPSA) is 66.7 Å². The normalized spacial score (nSPS) is 10.9. The van der Waals surface area contributed by atoms with Gasteiger partial charge in [0, 0.05) is 34.5 Å². The average molecular weight is 465 g/mol. The van der Waals surface area contributed by atoms with Crippen LogP contribution in [0.1, 0.15) is 16.7 Å². The van der Waals surface area contributed by atoms with Gasteiger partial charge < -0.3 is 13.9 Å². The molecule has 5 nitrogen and oxygen atoms in total. The van der Waals surface area contributed by atoms with Crippen molar-refractivity contribution in [3.8, 4) is 35.0 Å². The van der Waals surface area contributed by atoms with Gasteiger partial charge in [0.05, 0.1) is 34.3 Å². The third-order valence-electron chi connectivity index (χ3n) is 6.42.